The third-order valence-corrected chi connectivity index (χ3v) is 5.23. The SMILES string of the molecule is CC(SCc1ccc(F)cc1Cl)C(=O)Nc1ccc2c(c1)OCCO2. The summed E-state index contributed by atoms with van der Waals surface area (Å²) in [5, 5.41) is 2.93. The Kier molecular flexibility index (Phi) is 5.71. The molecule has 1 unspecified atom stereocenters. The number of anilines is 1. The molecule has 0 aromatic heterocycles. The fourth-order valence-electron chi connectivity index (χ4n) is 2.29. The van der Waals surface area contributed by atoms with Crippen LogP contribution in [0.2, 0.25) is 5.02 Å². The second kappa shape index (κ2) is 7.97. The number of hydrogen-bond donors (Lipinski definition) is 1. The standard InChI is InChI=1S/C18H17ClFNO3S/c1-11(25-10-12-2-3-13(20)8-15(12)19)18(22)21-14-4-5-16-17(9-14)24-7-6-23-16/h2-5,8-9,11H,6-7,10H2,1H3,(H,21,22). The van der Waals surface area contributed by atoms with Crippen molar-refractivity contribution in [3.63, 3.8) is 0 Å². The largest absolute Gasteiger partial charge is 0.486 e. The highest BCUT2D eigenvalue weighted by atomic mass is 35.5. The predicted molar refractivity (Wildman–Crippen MR) is 98.2 cm³/mol. The smallest absolute Gasteiger partial charge is 0.237 e. The van der Waals surface area contributed by atoms with Gasteiger partial charge in [-0.05, 0) is 36.8 Å². The number of amides is 1. The van der Waals surface area contributed by atoms with E-state index in [4.69, 9.17) is 21.1 Å². The molecule has 1 N–H and O–H groups in total. The molecule has 3 rings (SSSR count). The third kappa shape index (κ3) is 4.58. The Morgan fingerprint density at radius 3 is 2.76 bits per heavy atom. The first kappa shape index (κ1) is 17.9. The molecule has 1 heterocycles. The van der Waals surface area contributed by atoms with Crippen molar-refractivity contribution in [3.05, 3.63) is 52.8 Å². The lowest BCUT2D eigenvalue weighted by Crippen LogP contribution is -2.23. The number of benzene rings is 2. The molecule has 1 aliphatic heterocycles. The van der Waals surface area contributed by atoms with Gasteiger partial charge in [0.15, 0.2) is 11.5 Å². The van der Waals surface area contributed by atoms with E-state index >= 15 is 0 Å². The quantitative estimate of drug-likeness (QED) is 0.827. The second-order valence-corrected chi connectivity index (χ2v) is 7.27. The number of nitrogens with one attached hydrogen (secondary N) is 1. The summed E-state index contributed by atoms with van der Waals surface area (Å²) in [6.45, 7) is 2.84. The molecular formula is C18H17ClFNO3S. The Balaban J connectivity index is 1.57. The van der Waals surface area contributed by atoms with Crippen LogP contribution in [-0.2, 0) is 10.5 Å². The number of rotatable bonds is 5. The van der Waals surface area contributed by atoms with Gasteiger partial charge in [-0.2, -0.15) is 0 Å². The molecule has 2 aromatic rings. The molecule has 25 heavy (non-hydrogen) atoms. The summed E-state index contributed by atoms with van der Waals surface area (Å²) in [4.78, 5) is 12.3. The van der Waals surface area contributed by atoms with E-state index in [1.54, 1.807) is 24.3 Å². The fourth-order valence-corrected chi connectivity index (χ4v) is 3.50. The minimum absolute atomic E-state index is 0.125. The van der Waals surface area contributed by atoms with Crippen LogP contribution in [0, 0.1) is 5.82 Å². The van der Waals surface area contributed by atoms with Crippen molar-refractivity contribution in [2.45, 2.75) is 17.9 Å². The van der Waals surface area contributed by atoms with E-state index in [1.807, 2.05) is 6.92 Å². The van der Waals surface area contributed by atoms with Crippen molar-refractivity contribution >= 4 is 35.0 Å². The second-order valence-electron chi connectivity index (χ2n) is 5.54. The van der Waals surface area contributed by atoms with Gasteiger partial charge in [0.25, 0.3) is 0 Å². The number of thioether (sulfide) groups is 1. The van der Waals surface area contributed by atoms with Crippen LogP contribution in [0.25, 0.3) is 0 Å². The van der Waals surface area contributed by atoms with Crippen LogP contribution in [0.15, 0.2) is 36.4 Å². The zero-order valence-electron chi connectivity index (χ0n) is 13.6. The van der Waals surface area contributed by atoms with E-state index < -0.39 is 0 Å². The average Bonchev–Trinajstić information content (AvgIpc) is 2.60. The first-order valence-corrected chi connectivity index (χ1v) is 9.21. The van der Waals surface area contributed by atoms with Crippen molar-refractivity contribution < 1.29 is 18.7 Å². The van der Waals surface area contributed by atoms with E-state index in [0.717, 1.165) is 5.56 Å². The zero-order valence-corrected chi connectivity index (χ0v) is 15.1. The van der Waals surface area contributed by atoms with Crippen molar-refractivity contribution in [1.29, 1.82) is 0 Å². The monoisotopic (exact) mass is 381 g/mol. The van der Waals surface area contributed by atoms with Gasteiger partial charge in [0, 0.05) is 22.5 Å². The Labute approximate surface area is 154 Å². The molecule has 132 valence electrons. The molecule has 2 aromatic carbocycles. The van der Waals surface area contributed by atoms with E-state index in [1.165, 1.54) is 23.9 Å². The van der Waals surface area contributed by atoms with E-state index in [2.05, 4.69) is 5.32 Å². The molecule has 0 spiro atoms. The third-order valence-electron chi connectivity index (χ3n) is 3.68. The van der Waals surface area contributed by atoms with Gasteiger partial charge in [0.2, 0.25) is 5.91 Å². The number of carbonyl (C=O) groups excluding carboxylic acids is 1. The van der Waals surface area contributed by atoms with Crippen LogP contribution in [0.1, 0.15) is 12.5 Å². The molecule has 0 radical (unpaired) electrons. The minimum Gasteiger partial charge on any atom is -0.486 e. The van der Waals surface area contributed by atoms with Gasteiger partial charge in [0.05, 0.1) is 5.25 Å². The number of hydrogen-bond acceptors (Lipinski definition) is 4. The summed E-state index contributed by atoms with van der Waals surface area (Å²) >= 11 is 7.44. The summed E-state index contributed by atoms with van der Waals surface area (Å²) in [6, 6.07) is 9.58. The number of halogens is 2. The number of carbonyl (C=O) groups is 1. The Bertz CT molecular complexity index is 787. The van der Waals surface area contributed by atoms with Gasteiger partial charge in [-0.3, -0.25) is 4.79 Å². The summed E-state index contributed by atoms with van der Waals surface area (Å²) in [6.07, 6.45) is 0. The van der Waals surface area contributed by atoms with Crippen LogP contribution in [0.4, 0.5) is 10.1 Å². The maximum atomic E-state index is 13.1. The van der Waals surface area contributed by atoms with Crippen LogP contribution in [0.5, 0.6) is 11.5 Å². The highest BCUT2D eigenvalue weighted by molar-refractivity contribution is 7.99. The van der Waals surface area contributed by atoms with Gasteiger partial charge in [-0.15, -0.1) is 11.8 Å². The molecule has 0 saturated heterocycles. The summed E-state index contributed by atoms with van der Waals surface area (Å²) in [5.74, 6) is 1.33. The van der Waals surface area contributed by atoms with Crippen molar-refractivity contribution in [2.75, 3.05) is 18.5 Å². The van der Waals surface area contributed by atoms with E-state index in [-0.39, 0.29) is 17.0 Å². The Hall–Kier alpha value is -1.92. The van der Waals surface area contributed by atoms with E-state index in [0.29, 0.717) is 41.2 Å². The molecule has 0 aliphatic carbocycles. The average molecular weight is 382 g/mol. The van der Waals surface area contributed by atoms with Gasteiger partial charge < -0.3 is 14.8 Å². The maximum absolute atomic E-state index is 13.1. The van der Waals surface area contributed by atoms with Crippen LogP contribution in [-0.4, -0.2) is 24.4 Å². The molecule has 0 bridgehead atoms. The lowest BCUT2D eigenvalue weighted by molar-refractivity contribution is -0.115. The lowest BCUT2D eigenvalue weighted by Gasteiger charge is -2.19. The van der Waals surface area contributed by atoms with Crippen molar-refractivity contribution in [3.8, 4) is 11.5 Å². The fraction of sp³-hybridized carbons (Fsp3) is 0.278. The maximum Gasteiger partial charge on any atom is 0.237 e. The number of fused-ring (bicyclic) bond motifs is 1. The van der Waals surface area contributed by atoms with Gasteiger partial charge >= 0.3 is 0 Å². The Morgan fingerprint density at radius 1 is 1.24 bits per heavy atom. The molecule has 0 saturated carbocycles. The molecule has 1 atom stereocenters. The van der Waals surface area contributed by atoms with Crippen LogP contribution >= 0.6 is 23.4 Å². The van der Waals surface area contributed by atoms with Gasteiger partial charge in [-0.25, -0.2) is 4.39 Å². The zero-order chi connectivity index (χ0) is 17.8. The Morgan fingerprint density at radius 2 is 2.00 bits per heavy atom. The summed E-state index contributed by atoms with van der Waals surface area (Å²) < 4.78 is 24.0. The van der Waals surface area contributed by atoms with Gasteiger partial charge in [-0.1, -0.05) is 17.7 Å². The van der Waals surface area contributed by atoms with Gasteiger partial charge in [0.1, 0.15) is 19.0 Å². The molecule has 4 nitrogen and oxygen atoms in total. The normalized spacial score (nSPS) is 14.0. The summed E-state index contributed by atoms with van der Waals surface area (Å²) in [5.41, 5.74) is 1.45. The first-order chi connectivity index (χ1) is 12.0. The lowest BCUT2D eigenvalue weighted by atomic mass is 10.2. The van der Waals surface area contributed by atoms with Crippen molar-refractivity contribution in [2.24, 2.45) is 0 Å². The van der Waals surface area contributed by atoms with E-state index in [9.17, 15) is 9.18 Å². The van der Waals surface area contributed by atoms with Crippen molar-refractivity contribution in [1.82, 2.24) is 0 Å². The molecule has 1 amide bonds. The van der Waals surface area contributed by atoms with Crippen LogP contribution in [0.3, 0.4) is 0 Å². The molecular weight excluding hydrogens is 365 g/mol. The topological polar surface area (TPSA) is 47.6 Å². The highest BCUT2D eigenvalue weighted by Gasteiger charge is 2.17. The molecule has 1 aliphatic rings. The highest BCUT2D eigenvalue weighted by Crippen LogP contribution is 2.33. The summed E-state index contributed by atoms with van der Waals surface area (Å²) in [7, 11) is 0. The minimum atomic E-state index is -0.372. The predicted octanol–water partition coefficient (Wildman–Crippen LogP) is 4.51. The first-order valence-electron chi connectivity index (χ1n) is 7.79. The van der Waals surface area contributed by atoms with Crippen LogP contribution < -0.4 is 14.8 Å². The molecule has 0 fully saturated rings. The number of ether oxygens (including phenoxy) is 2. The molecule has 7 heteroatoms.